The smallest absolute Gasteiger partial charge is 0.392 e. The van der Waals surface area contributed by atoms with E-state index in [0.29, 0.717) is 0 Å². The van der Waals surface area contributed by atoms with Crippen molar-refractivity contribution >= 4 is 69.8 Å². The molecular formula is C10H20B3FN5O14P3. The van der Waals surface area contributed by atoms with Crippen molar-refractivity contribution in [2.24, 2.45) is 0 Å². The topological polar surface area (TPSA) is 299 Å². The molecule has 2 aromatic rings. The number of rotatable bonds is 12. The summed E-state index contributed by atoms with van der Waals surface area (Å²) in [5.74, 6) is -3.88. The normalized spacial score (nSPS) is 18.9. The number of nitrogen functional groups attached to an aromatic ring is 1. The third kappa shape index (κ3) is 7.11. The standard InChI is InChI=1S/C10H20B3FN5O14P3/c11-7-16-4-5(17-8(15)18-6(4)22)19(7)3(1-20)30-9(14,2-21)10(12,13)31-35(26,27)33-36(28,29)32-34(23,24)25/h3,20-21H,1-2,11-13H2,(H,26,27)(H,28,29)(H2,23,24,25)(H3,15,17,18,22)/t3?,9-/m0/s1. The highest BCUT2D eigenvalue weighted by Gasteiger charge is 2.54. The Morgan fingerprint density at radius 1 is 1.11 bits per heavy atom. The van der Waals surface area contributed by atoms with Crippen LogP contribution in [-0.4, -0.2) is 97.3 Å². The van der Waals surface area contributed by atoms with Gasteiger partial charge in [-0.25, -0.2) is 23.1 Å². The van der Waals surface area contributed by atoms with E-state index in [2.05, 4.69) is 28.1 Å². The lowest BCUT2D eigenvalue weighted by Gasteiger charge is -2.41. The number of ether oxygens (including phenoxy) is 1. The number of phosphoric ester groups is 1. The number of aromatic nitrogens is 4. The van der Waals surface area contributed by atoms with Crippen LogP contribution < -0.4 is 17.0 Å². The number of halogens is 1. The zero-order valence-corrected chi connectivity index (χ0v) is 21.3. The van der Waals surface area contributed by atoms with Crippen LogP contribution in [0.5, 0.6) is 0 Å². The molecule has 0 fully saturated rings. The van der Waals surface area contributed by atoms with Gasteiger partial charge in [-0.05, 0) is 0 Å². The molecule has 0 spiro atoms. The fraction of sp³-hybridized carbons (Fsp3) is 0.500. The Morgan fingerprint density at radius 3 is 2.19 bits per heavy atom. The quantitative estimate of drug-likeness (QED) is 0.0859. The van der Waals surface area contributed by atoms with E-state index in [1.807, 2.05) is 0 Å². The zero-order valence-electron chi connectivity index (χ0n) is 18.6. The molecule has 2 heterocycles. The van der Waals surface area contributed by atoms with Gasteiger partial charge in [-0.3, -0.25) is 18.9 Å². The summed E-state index contributed by atoms with van der Waals surface area (Å²) in [4.78, 5) is 58.2. The molecule has 0 aliphatic carbocycles. The highest BCUT2D eigenvalue weighted by Crippen LogP contribution is 2.67. The molecule has 0 aromatic carbocycles. The average molecular weight is 579 g/mol. The minimum absolute atomic E-state index is 0.0429. The fourth-order valence-electron chi connectivity index (χ4n) is 2.86. The number of hydrogen-bond donors (Lipinski definition) is 8. The first kappa shape index (κ1) is 30.8. The Morgan fingerprint density at radius 2 is 1.69 bits per heavy atom. The van der Waals surface area contributed by atoms with E-state index in [4.69, 9.17) is 20.3 Å². The van der Waals surface area contributed by atoms with Gasteiger partial charge in [0.25, 0.3) is 5.56 Å². The Bertz CT molecular complexity index is 1340. The second kappa shape index (κ2) is 10.4. The summed E-state index contributed by atoms with van der Waals surface area (Å²) < 4.78 is 68.0. The molecule has 0 bridgehead atoms. The lowest BCUT2D eigenvalue weighted by molar-refractivity contribution is -0.260. The number of hydrogen-bond acceptors (Lipinski definition) is 13. The molecule has 36 heavy (non-hydrogen) atoms. The second-order valence-electron chi connectivity index (χ2n) is 7.49. The molecule has 4 atom stereocenters. The molecule has 0 aliphatic heterocycles. The third-order valence-corrected chi connectivity index (χ3v) is 8.39. The van der Waals surface area contributed by atoms with Gasteiger partial charge in [-0.15, -0.1) is 0 Å². The summed E-state index contributed by atoms with van der Waals surface area (Å²) in [5.41, 5.74) is 4.14. The van der Waals surface area contributed by atoms with Crippen molar-refractivity contribution in [2.75, 3.05) is 18.9 Å². The molecule has 2 aromatic heterocycles. The van der Waals surface area contributed by atoms with Crippen molar-refractivity contribution < 1.29 is 65.8 Å². The Kier molecular flexibility index (Phi) is 8.87. The number of aliphatic hydroxyl groups is 2. The number of imidazole rings is 1. The molecule has 0 saturated carbocycles. The van der Waals surface area contributed by atoms with E-state index >= 15 is 4.39 Å². The monoisotopic (exact) mass is 579 g/mol. The predicted octanol–water partition coefficient (Wildman–Crippen LogP) is -5.61. The van der Waals surface area contributed by atoms with E-state index < -0.39 is 59.7 Å². The predicted molar refractivity (Wildman–Crippen MR) is 124 cm³/mol. The minimum Gasteiger partial charge on any atom is -0.392 e. The van der Waals surface area contributed by atoms with Gasteiger partial charge in [-0.2, -0.15) is 13.6 Å². The van der Waals surface area contributed by atoms with Crippen LogP contribution in [0.4, 0.5) is 10.3 Å². The number of nitrogens with two attached hydrogens (primary N) is 1. The van der Waals surface area contributed by atoms with Crippen molar-refractivity contribution in [1.29, 1.82) is 0 Å². The number of fused-ring (bicyclic) bond motifs is 1. The first-order chi connectivity index (χ1) is 16.2. The minimum atomic E-state index is -5.93. The summed E-state index contributed by atoms with van der Waals surface area (Å²) in [6.45, 7) is -2.66. The van der Waals surface area contributed by atoms with E-state index in [1.165, 1.54) is 7.85 Å². The largest absolute Gasteiger partial charge is 0.490 e. The molecule has 9 N–H and O–H groups in total. The second-order valence-corrected chi connectivity index (χ2v) is 11.8. The van der Waals surface area contributed by atoms with Gasteiger partial charge in [0.1, 0.15) is 22.3 Å². The van der Waals surface area contributed by atoms with E-state index in [1.54, 1.807) is 0 Å². The number of aromatic amines is 1. The number of nitrogens with zero attached hydrogens (tertiary/aromatic N) is 3. The Labute approximate surface area is 202 Å². The van der Waals surface area contributed by atoms with E-state index in [-0.39, 0.29) is 22.8 Å². The van der Waals surface area contributed by atoms with Crippen LogP contribution in [0.25, 0.3) is 11.2 Å². The first-order valence-electron chi connectivity index (χ1n) is 9.33. The fourth-order valence-corrected chi connectivity index (χ4v) is 6.22. The molecule has 2 rings (SSSR count). The maximum Gasteiger partial charge on any atom is 0.490 e. The van der Waals surface area contributed by atoms with Crippen molar-refractivity contribution in [3.05, 3.63) is 10.4 Å². The van der Waals surface area contributed by atoms with Gasteiger partial charge >= 0.3 is 23.5 Å². The van der Waals surface area contributed by atoms with E-state index in [0.717, 1.165) is 20.3 Å². The van der Waals surface area contributed by atoms with Crippen molar-refractivity contribution in [3.63, 3.8) is 0 Å². The van der Waals surface area contributed by atoms with Crippen LogP contribution in [-0.2, 0) is 31.6 Å². The molecule has 0 aliphatic rings. The van der Waals surface area contributed by atoms with E-state index in [9.17, 15) is 38.5 Å². The third-order valence-electron chi connectivity index (χ3n) is 4.37. The molecule has 0 amide bonds. The number of anilines is 1. The summed E-state index contributed by atoms with van der Waals surface area (Å²) in [6.07, 6.45) is -1.82. The van der Waals surface area contributed by atoms with Crippen LogP contribution in [0, 0.1) is 0 Å². The Hall–Kier alpha value is -1.44. The maximum absolute atomic E-state index is 15.8. The molecule has 3 unspecified atom stereocenters. The summed E-state index contributed by atoms with van der Waals surface area (Å²) in [7, 11) is -14.7. The lowest BCUT2D eigenvalue weighted by Crippen LogP contribution is -2.59. The van der Waals surface area contributed by atoms with Gasteiger partial charge in [0, 0.05) is 0 Å². The van der Waals surface area contributed by atoms with Crippen LogP contribution >= 0.6 is 23.5 Å². The van der Waals surface area contributed by atoms with Crippen LogP contribution in [0.1, 0.15) is 6.23 Å². The highest BCUT2D eigenvalue weighted by atomic mass is 31.3. The number of aliphatic hydroxyl groups excluding tert-OH is 2. The Balaban J connectivity index is 2.41. The van der Waals surface area contributed by atoms with Crippen molar-refractivity contribution in [2.45, 2.75) is 17.5 Å². The van der Waals surface area contributed by atoms with Gasteiger partial charge in [0.15, 0.2) is 25.2 Å². The highest BCUT2D eigenvalue weighted by molar-refractivity contribution is 7.66. The van der Waals surface area contributed by atoms with Gasteiger partial charge < -0.3 is 40.3 Å². The van der Waals surface area contributed by atoms with Gasteiger partial charge in [0.05, 0.1) is 17.7 Å². The van der Waals surface area contributed by atoms with Crippen LogP contribution in [0.3, 0.4) is 0 Å². The van der Waals surface area contributed by atoms with Crippen LogP contribution in [0.15, 0.2) is 4.79 Å². The zero-order chi connectivity index (χ0) is 27.9. The summed E-state index contributed by atoms with van der Waals surface area (Å²) in [5, 5.41) is 16.8. The molecule has 19 nitrogen and oxygen atoms in total. The first-order valence-corrected chi connectivity index (χ1v) is 13.9. The molecule has 200 valence electrons. The average Bonchev–Trinajstić information content (AvgIpc) is 2.98. The van der Waals surface area contributed by atoms with Crippen molar-refractivity contribution in [1.82, 2.24) is 19.5 Å². The molecule has 26 heteroatoms. The number of alkyl halides is 1. The summed E-state index contributed by atoms with van der Waals surface area (Å²) in [6, 6.07) is 0. The lowest BCUT2D eigenvalue weighted by atomic mass is 9.61. The SMILES string of the molecule is Bc1nc2c(=O)[nH]c(N)nc2n1C(CO)O[C@@](F)(CO)C(B)(B)OP(=O)(O)OP(=O)(O)OP(=O)(O)O. The number of H-pyrrole nitrogens is 1. The number of phosphoric acid groups is 3. The summed E-state index contributed by atoms with van der Waals surface area (Å²) >= 11 is 0. The number of nitrogens with one attached hydrogen (secondary N) is 1. The maximum atomic E-state index is 15.8. The van der Waals surface area contributed by atoms with Crippen LogP contribution in [0.2, 0.25) is 0 Å². The van der Waals surface area contributed by atoms with Crippen molar-refractivity contribution in [3.8, 4) is 0 Å². The van der Waals surface area contributed by atoms with Gasteiger partial charge in [-0.1, -0.05) is 0 Å². The molecular weight excluding hydrogens is 558 g/mol. The molecule has 0 radical (unpaired) electrons. The molecule has 0 saturated heterocycles. The van der Waals surface area contributed by atoms with Gasteiger partial charge in [0.2, 0.25) is 11.8 Å².